The third-order valence-corrected chi connectivity index (χ3v) is 4.75. The van der Waals surface area contributed by atoms with E-state index in [-0.39, 0.29) is 0 Å². The van der Waals surface area contributed by atoms with Crippen molar-refractivity contribution in [2.45, 2.75) is 45.2 Å². The van der Waals surface area contributed by atoms with Gasteiger partial charge in [-0.3, -0.25) is 4.90 Å². The van der Waals surface area contributed by atoms with Gasteiger partial charge in [0.15, 0.2) is 0 Å². The summed E-state index contributed by atoms with van der Waals surface area (Å²) in [6.45, 7) is 6.56. The standard InChI is InChI=1S/C16H25BrN2/c1-12(2)19-10-4-3-5-14(11-18)16(19)13-6-8-15(17)9-7-13/h6-9,12,14,16H,3-5,10-11,18H2,1-2H3. The Kier molecular flexibility index (Phi) is 5.43. The molecule has 0 saturated carbocycles. The molecule has 0 bridgehead atoms. The van der Waals surface area contributed by atoms with Crippen molar-refractivity contribution in [2.75, 3.05) is 13.1 Å². The van der Waals surface area contributed by atoms with E-state index in [1.807, 2.05) is 0 Å². The average molecular weight is 325 g/mol. The van der Waals surface area contributed by atoms with Crippen molar-refractivity contribution in [1.29, 1.82) is 0 Å². The molecule has 0 spiro atoms. The van der Waals surface area contributed by atoms with Gasteiger partial charge < -0.3 is 5.73 Å². The van der Waals surface area contributed by atoms with Gasteiger partial charge in [-0.15, -0.1) is 0 Å². The van der Waals surface area contributed by atoms with Crippen molar-refractivity contribution in [3.8, 4) is 0 Å². The number of nitrogens with two attached hydrogens (primary N) is 1. The topological polar surface area (TPSA) is 29.3 Å². The van der Waals surface area contributed by atoms with Crippen LogP contribution in [-0.2, 0) is 0 Å². The van der Waals surface area contributed by atoms with Crippen LogP contribution in [0.4, 0.5) is 0 Å². The van der Waals surface area contributed by atoms with E-state index in [1.165, 1.54) is 31.4 Å². The van der Waals surface area contributed by atoms with Gasteiger partial charge in [0.25, 0.3) is 0 Å². The maximum atomic E-state index is 6.06. The Morgan fingerprint density at radius 2 is 1.95 bits per heavy atom. The van der Waals surface area contributed by atoms with Crippen LogP contribution in [0.25, 0.3) is 0 Å². The number of hydrogen-bond donors (Lipinski definition) is 1. The molecule has 1 aliphatic rings. The molecule has 1 aromatic rings. The molecule has 2 nitrogen and oxygen atoms in total. The highest BCUT2D eigenvalue weighted by atomic mass is 79.9. The van der Waals surface area contributed by atoms with Crippen LogP contribution in [0.2, 0.25) is 0 Å². The van der Waals surface area contributed by atoms with Gasteiger partial charge in [-0.05, 0) is 63.4 Å². The third kappa shape index (κ3) is 3.59. The summed E-state index contributed by atoms with van der Waals surface area (Å²) in [4.78, 5) is 2.63. The quantitative estimate of drug-likeness (QED) is 0.911. The molecule has 2 atom stereocenters. The molecule has 2 unspecified atom stereocenters. The lowest BCUT2D eigenvalue weighted by Gasteiger charge is -2.38. The number of likely N-dealkylation sites (tertiary alicyclic amines) is 1. The number of hydrogen-bond acceptors (Lipinski definition) is 2. The van der Waals surface area contributed by atoms with Crippen molar-refractivity contribution in [3.63, 3.8) is 0 Å². The molecular formula is C16H25BrN2. The average Bonchev–Trinajstić information content (AvgIpc) is 2.61. The Bertz CT molecular complexity index is 388. The van der Waals surface area contributed by atoms with Crippen LogP contribution in [0.1, 0.15) is 44.7 Å². The van der Waals surface area contributed by atoms with Crippen LogP contribution in [-0.4, -0.2) is 24.0 Å². The second-order valence-corrected chi connectivity index (χ2v) is 6.74. The van der Waals surface area contributed by atoms with E-state index >= 15 is 0 Å². The molecule has 2 rings (SSSR count). The van der Waals surface area contributed by atoms with E-state index in [1.54, 1.807) is 0 Å². The highest BCUT2D eigenvalue weighted by molar-refractivity contribution is 9.10. The molecule has 0 radical (unpaired) electrons. The lowest BCUT2D eigenvalue weighted by Crippen LogP contribution is -2.39. The zero-order chi connectivity index (χ0) is 13.8. The van der Waals surface area contributed by atoms with Crippen molar-refractivity contribution < 1.29 is 0 Å². The predicted molar refractivity (Wildman–Crippen MR) is 85.1 cm³/mol. The van der Waals surface area contributed by atoms with Gasteiger partial charge in [-0.2, -0.15) is 0 Å². The molecule has 106 valence electrons. The van der Waals surface area contributed by atoms with Gasteiger partial charge >= 0.3 is 0 Å². The summed E-state index contributed by atoms with van der Waals surface area (Å²) in [5.74, 6) is 0.575. The first-order valence-corrected chi connectivity index (χ1v) is 8.14. The second kappa shape index (κ2) is 6.87. The molecule has 1 fully saturated rings. The Morgan fingerprint density at radius 1 is 1.26 bits per heavy atom. The smallest absolute Gasteiger partial charge is 0.0391 e. The highest BCUT2D eigenvalue weighted by Crippen LogP contribution is 2.36. The summed E-state index contributed by atoms with van der Waals surface area (Å²) < 4.78 is 1.14. The minimum Gasteiger partial charge on any atom is -0.330 e. The molecule has 19 heavy (non-hydrogen) atoms. The summed E-state index contributed by atoms with van der Waals surface area (Å²) in [6.07, 6.45) is 3.85. The molecule has 3 heteroatoms. The van der Waals surface area contributed by atoms with Gasteiger partial charge in [0.05, 0.1) is 0 Å². The van der Waals surface area contributed by atoms with Crippen molar-refractivity contribution >= 4 is 15.9 Å². The van der Waals surface area contributed by atoms with Crippen LogP contribution >= 0.6 is 15.9 Å². The van der Waals surface area contributed by atoms with Crippen molar-refractivity contribution in [1.82, 2.24) is 4.90 Å². The van der Waals surface area contributed by atoms with Crippen LogP contribution in [0, 0.1) is 5.92 Å². The first-order valence-electron chi connectivity index (χ1n) is 7.34. The van der Waals surface area contributed by atoms with Gasteiger partial charge in [-0.25, -0.2) is 0 Å². The molecule has 2 N–H and O–H groups in total. The molecular weight excluding hydrogens is 300 g/mol. The molecule has 0 aliphatic carbocycles. The normalized spacial score (nSPS) is 25.5. The molecule has 1 aliphatic heterocycles. The third-order valence-electron chi connectivity index (χ3n) is 4.22. The molecule has 0 amide bonds. The summed E-state index contributed by atoms with van der Waals surface area (Å²) >= 11 is 3.52. The minimum atomic E-state index is 0.473. The van der Waals surface area contributed by atoms with Crippen LogP contribution < -0.4 is 5.73 Å². The zero-order valence-corrected chi connectivity index (χ0v) is 13.6. The Labute approximate surface area is 125 Å². The minimum absolute atomic E-state index is 0.473. The summed E-state index contributed by atoms with van der Waals surface area (Å²) in [5, 5.41) is 0. The second-order valence-electron chi connectivity index (χ2n) is 5.82. The van der Waals surface area contributed by atoms with E-state index in [4.69, 9.17) is 5.73 Å². The van der Waals surface area contributed by atoms with Crippen LogP contribution in [0.5, 0.6) is 0 Å². The fourth-order valence-electron chi connectivity index (χ4n) is 3.22. The predicted octanol–water partition coefficient (Wildman–Crippen LogP) is 3.96. The highest BCUT2D eigenvalue weighted by Gasteiger charge is 2.31. The number of nitrogens with zero attached hydrogens (tertiary/aromatic N) is 1. The zero-order valence-electron chi connectivity index (χ0n) is 12.0. The largest absolute Gasteiger partial charge is 0.330 e. The van der Waals surface area contributed by atoms with Gasteiger partial charge in [0.2, 0.25) is 0 Å². The molecule has 1 aromatic carbocycles. The van der Waals surface area contributed by atoms with Crippen LogP contribution in [0.3, 0.4) is 0 Å². The summed E-state index contributed by atoms with van der Waals surface area (Å²) in [5.41, 5.74) is 7.47. The van der Waals surface area contributed by atoms with Crippen molar-refractivity contribution in [2.24, 2.45) is 11.7 Å². The van der Waals surface area contributed by atoms with Crippen LogP contribution in [0.15, 0.2) is 28.7 Å². The molecule has 1 saturated heterocycles. The first-order chi connectivity index (χ1) is 9.13. The van der Waals surface area contributed by atoms with Crippen molar-refractivity contribution in [3.05, 3.63) is 34.3 Å². The summed E-state index contributed by atoms with van der Waals surface area (Å²) in [7, 11) is 0. The van der Waals surface area contributed by atoms with E-state index < -0.39 is 0 Å². The monoisotopic (exact) mass is 324 g/mol. The lowest BCUT2D eigenvalue weighted by molar-refractivity contribution is 0.121. The van der Waals surface area contributed by atoms with Gasteiger partial charge in [0, 0.05) is 16.6 Å². The molecule has 1 heterocycles. The Morgan fingerprint density at radius 3 is 2.53 bits per heavy atom. The fourth-order valence-corrected chi connectivity index (χ4v) is 3.48. The Balaban J connectivity index is 2.34. The lowest BCUT2D eigenvalue weighted by atomic mass is 9.88. The maximum absolute atomic E-state index is 6.06. The van der Waals surface area contributed by atoms with Gasteiger partial charge in [-0.1, -0.05) is 34.5 Å². The number of benzene rings is 1. The maximum Gasteiger partial charge on any atom is 0.0391 e. The van der Waals surface area contributed by atoms with E-state index in [9.17, 15) is 0 Å². The first kappa shape index (κ1) is 15.0. The van der Waals surface area contributed by atoms with E-state index in [0.717, 1.165) is 11.0 Å². The Hall–Kier alpha value is -0.380. The molecule has 0 aromatic heterocycles. The fraction of sp³-hybridized carbons (Fsp3) is 0.625. The number of halogens is 1. The SMILES string of the molecule is CC(C)N1CCCCC(CN)C1c1ccc(Br)cc1. The van der Waals surface area contributed by atoms with E-state index in [0.29, 0.717) is 18.0 Å². The summed E-state index contributed by atoms with van der Waals surface area (Å²) in [6, 6.07) is 9.83. The van der Waals surface area contributed by atoms with Gasteiger partial charge in [0.1, 0.15) is 0 Å². The number of rotatable bonds is 3. The van der Waals surface area contributed by atoms with E-state index in [2.05, 4.69) is 58.9 Å².